The van der Waals surface area contributed by atoms with Gasteiger partial charge in [-0.1, -0.05) is 30.0 Å². The number of carboxylic acid groups (broad SMARTS) is 2. The first-order valence-corrected chi connectivity index (χ1v) is 7.21. The Morgan fingerprint density at radius 1 is 1.41 bits per heavy atom. The zero-order valence-corrected chi connectivity index (χ0v) is 12.6. The number of amides is 1. The number of thiocarbonyl (C=S) groups is 1. The van der Waals surface area contributed by atoms with Crippen molar-refractivity contribution >= 4 is 52.2 Å². The molecule has 114 valence electrons. The molecule has 1 aliphatic rings. The van der Waals surface area contributed by atoms with E-state index >= 15 is 0 Å². The van der Waals surface area contributed by atoms with E-state index in [9.17, 15) is 24.6 Å². The van der Waals surface area contributed by atoms with Gasteiger partial charge in [-0.2, -0.15) is 0 Å². The van der Waals surface area contributed by atoms with Crippen molar-refractivity contribution in [3.63, 3.8) is 0 Å². The standard InChI is InChI=1S/C13H10N2O5S2/c16-10(17)6-8(12(19)20)15-11(18)9(22-13(15)21)5-7-3-1-2-4-14-7/h1-5,8H,6H2,(H,16,17)(H,19,20)/p-2/b9-5-/t8-/m0/s1. The second-order valence-electron chi connectivity index (χ2n) is 4.22. The smallest absolute Gasteiger partial charge is 0.266 e. The predicted molar refractivity (Wildman–Crippen MR) is 77.7 cm³/mol. The molecule has 0 aromatic carbocycles. The first-order valence-electron chi connectivity index (χ1n) is 5.99. The maximum Gasteiger partial charge on any atom is 0.266 e. The first kappa shape index (κ1) is 16.1. The highest BCUT2D eigenvalue weighted by molar-refractivity contribution is 8.26. The second kappa shape index (κ2) is 6.67. The molecule has 1 saturated heterocycles. The minimum Gasteiger partial charge on any atom is -0.550 e. The highest BCUT2D eigenvalue weighted by atomic mass is 32.2. The lowest BCUT2D eigenvalue weighted by Gasteiger charge is -2.27. The Morgan fingerprint density at radius 3 is 2.68 bits per heavy atom. The summed E-state index contributed by atoms with van der Waals surface area (Å²) >= 11 is 5.84. The third-order valence-electron chi connectivity index (χ3n) is 2.73. The summed E-state index contributed by atoms with van der Waals surface area (Å²) in [4.78, 5) is 38.9. The Kier molecular flexibility index (Phi) is 4.88. The van der Waals surface area contributed by atoms with Crippen molar-refractivity contribution < 1.29 is 24.6 Å². The molecule has 2 rings (SSSR count). The zero-order valence-electron chi connectivity index (χ0n) is 10.9. The Hall–Kier alpha value is -2.26. The van der Waals surface area contributed by atoms with Crippen molar-refractivity contribution in [2.24, 2.45) is 0 Å². The number of aromatic nitrogens is 1. The van der Waals surface area contributed by atoms with Gasteiger partial charge < -0.3 is 19.8 Å². The SMILES string of the molecule is O=C([O-])C[C@@H](C(=O)[O-])N1C(=O)/C(=C/c2ccccn2)SC1=S. The van der Waals surface area contributed by atoms with Gasteiger partial charge in [-0.15, -0.1) is 0 Å². The van der Waals surface area contributed by atoms with E-state index in [0.29, 0.717) is 5.69 Å². The molecule has 2 heterocycles. The van der Waals surface area contributed by atoms with E-state index in [1.807, 2.05) is 0 Å². The fraction of sp³-hybridized carbons (Fsp3) is 0.154. The van der Waals surface area contributed by atoms with Gasteiger partial charge in [0.15, 0.2) is 0 Å². The lowest BCUT2D eigenvalue weighted by molar-refractivity contribution is -0.319. The van der Waals surface area contributed by atoms with Crippen molar-refractivity contribution in [1.29, 1.82) is 0 Å². The third-order valence-corrected chi connectivity index (χ3v) is 4.06. The molecule has 0 radical (unpaired) electrons. The fourth-order valence-electron chi connectivity index (χ4n) is 1.78. The summed E-state index contributed by atoms with van der Waals surface area (Å²) < 4.78 is -0.0531. The Balaban J connectivity index is 2.30. The van der Waals surface area contributed by atoms with Crippen molar-refractivity contribution in [2.75, 3.05) is 0 Å². The number of pyridine rings is 1. The number of rotatable bonds is 5. The van der Waals surface area contributed by atoms with Crippen molar-refractivity contribution in [2.45, 2.75) is 12.5 Å². The summed E-state index contributed by atoms with van der Waals surface area (Å²) in [5, 5.41) is 21.7. The molecule has 1 aromatic heterocycles. The molecular formula is C13H8N2O5S2-2. The van der Waals surface area contributed by atoms with Crippen molar-refractivity contribution in [1.82, 2.24) is 9.88 Å². The van der Waals surface area contributed by atoms with Crippen LogP contribution in [-0.4, -0.2) is 38.1 Å². The average molecular weight is 336 g/mol. The quantitative estimate of drug-likeness (QED) is 0.473. The van der Waals surface area contributed by atoms with E-state index in [2.05, 4.69) is 4.98 Å². The molecule has 0 N–H and O–H groups in total. The monoisotopic (exact) mass is 336 g/mol. The molecular weight excluding hydrogens is 328 g/mol. The van der Waals surface area contributed by atoms with Gasteiger partial charge in [0.2, 0.25) is 0 Å². The van der Waals surface area contributed by atoms with Crippen LogP contribution in [0.2, 0.25) is 0 Å². The highest BCUT2D eigenvalue weighted by Crippen LogP contribution is 2.34. The fourth-order valence-corrected chi connectivity index (χ4v) is 3.12. The first-order chi connectivity index (χ1) is 10.4. The van der Waals surface area contributed by atoms with Gasteiger partial charge >= 0.3 is 0 Å². The van der Waals surface area contributed by atoms with Gasteiger partial charge in [-0.25, -0.2) is 0 Å². The van der Waals surface area contributed by atoms with Crippen LogP contribution in [0.4, 0.5) is 0 Å². The largest absolute Gasteiger partial charge is 0.550 e. The second-order valence-corrected chi connectivity index (χ2v) is 5.89. The molecule has 9 heteroatoms. The Bertz CT molecular complexity index is 674. The highest BCUT2D eigenvalue weighted by Gasteiger charge is 2.37. The van der Waals surface area contributed by atoms with E-state index in [4.69, 9.17) is 12.2 Å². The van der Waals surface area contributed by atoms with Gasteiger partial charge in [0.25, 0.3) is 5.91 Å². The van der Waals surface area contributed by atoms with Crippen LogP contribution in [0.15, 0.2) is 29.3 Å². The van der Waals surface area contributed by atoms with Gasteiger partial charge in [-0.05, 0) is 18.2 Å². The van der Waals surface area contributed by atoms with Gasteiger partial charge in [0.05, 0.1) is 22.6 Å². The molecule has 7 nitrogen and oxygen atoms in total. The van der Waals surface area contributed by atoms with Crippen LogP contribution in [-0.2, 0) is 14.4 Å². The number of hydrogen-bond acceptors (Lipinski definition) is 8. The molecule has 0 aliphatic carbocycles. The molecule has 0 spiro atoms. The molecule has 0 bridgehead atoms. The van der Waals surface area contributed by atoms with Crippen LogP contribution in [0.1, 0.15) is 12.1 Å². The van der Waals surface area contributed by atoms with Crippen LogP contribution >= 0.6 is 24.0 Å². The molecule has 22 heavy (non-hydrogen) atoms. The normalized spacial score (nSPS) is 17.8. The van der Waals surface area contributed by atoms with E-state index in [1.165, 1.54) is 12.3 Å². The topological polar surface area (TPSA) is 113 Å². The summed E-state index contributed by atoms with van der Waals surface area (Å²) in [6.45, 7) is 0. The maximum atomic E-state index is 12.3. The average Bonchev–Trinajstić information content (AvgIpc) is 2.72. The Morgan fingerprint density at radius 2 is 2.14 bits per heavy atom. The van der Waals surface area contributed by atoms with E-state index in [0.717, 1.165) is 16.7 Å². The van der Waals surface area contributed by atoms with Crippen LogP contribution in [0, 0.1) is 0 Å². The summed E-state index contributed by atoms with van der Waals surface area (Å²) in [5.74, 6) is -4.02. The number of nitrogens with zero attached hydrogens (tertiary/aromatic N) is 2. The number of thioether (sulfide) groups is 1. The molecule has 1 aliphatic heterocycles. The molecule has 1 amide bonds. The van der Waals surface area contributed by atoms with Gasteiger partial charge in [0, 0.05) is 18.6 Å². The van der Waals surface area contributed by atoms with E-state index < -0.39 is 30.3 Å². The van der Waals surface area contributed by atoms with Gasteiger partial charge in [0.1, 0.15) is 4.32 Å². The number of aliphatic carboxylic acids is 2. The third kappa shape index (κ3) is 3.49. The molecule has 0 unspecified atom stereocenters. The maximum absolute atomic E-state index is 12.3. The lowest BCUT2D eigenvalue weighted by atomic mass is 10.2. The summed E-state index contributed by atoms with van der Waals surface area (Å²) in [5.41, 5.74) is 0.493. The van der Waals surface area contributed by atoms with E-state index in [1.54, 1.807) is 18.2 Å². The number of carboxylic acids is 2. The van der Waals surface area contributed by atoms with Gasteiger partial charge in [-0.3, -0.25) is 14.7 Å². The molecule has 1 atom stereocenters. The Labute approximate surface area is 134 Å². The number of carbonyl (C=O) groups is 3. The predicted octanol–water partition coefficient (Wildman–Crippen LogP) is -1.46. The van der Waals surface area contributed by atoms with Crippen LogP contribution < -0.4 is 10.2 Å². The van der Waals surface area contributed by atoms with E-state index in [-0.39, 0.29) is 9.23 Å². The van der Waals surface area contributed by atoms with Crippen LogP contribution in [0.3, 0.4) is 0 Å². The minimum absolute atomic E-state index is 0.0531. The number of hydrogen-bond donors (Lipinski definition) is 0. The molecule has 1 aromatic rings. The van der Waals surface area contributed by atoms with Crippen molar-refractivity contribution in [3.05, 3.63) is 35.0 Å². The zero-order chi connectivity index (χ0) is 16.3. The summed E-state index contributed by atoms with van der Waals surface area (Å²) in [6, 6.07) is 3.38. The summed E-state index contributed by atoms with van der Waals surface area (Å²) in [6.07, 6.45) is 2.09. The van der Waals surface area contributed by atoms with Crippen molar-refractivity contribution in [3.8, 4) is 0 Å². The number of carbonyl (C=O) groups excluding carboxylic acids is 3. The van der Waals surface area contributed by atoms with Crippen LogP contribution in [0.25, 0.3) is 6.08 Å². The minimum atomic E-state index is -1.71. The molecule has 0 saturated carbocycles. The van der Waals surface area contributed by atoms with Crippen LogP contribution in [0.5, 0.6) is 0 Å². The summed E-state index contributed by atoms with van der Waals surface area (Å²) in [7, 11) is 0. The molecule has 1 fully saturated rings. The lowest BCUT2D eigenvalue weighted by Crippen LogP contribution is -2.52.